The Morgan fingerprint density at radius 2 is 2.09 bits per heavy atom. The lowest BCUT2D eigenvalue weighted by Gasteiger charge is -2.35. The van der Waals surface area contributed by atoms with Crippen molar-refractivity contribution in [1.82, 2.24) is 9.55 Å². The lowest BCUT2D eigenvalue weighted by atomic mass is 9.96. The van der Waals surface area contributed by atoms with Gasteiger partial charge in [-0.15, -0.1) is 0 Å². The second kappa shape index (κ2) is 9.83. The number of thioether (sulfide) groups is 1. The number of ether oxygens (including phenoxy) is 1. The molecule has 1 atom stereocenters. The van der Waals surface area contributed by atoms with Crippen molar-refractivity contribution in [3.8, 4) is 0 Å². The number of aromatic nitrogens is 2. The van der Waals surface area contributed by atoms with Gasteiger partial charge in [0, 0.05) is 32.0 Å². The van der Waals surface area contributed by atoms with Crippen LogP contribution in [0.2, 0.25) is 0 Å². The van der Waals surface area contributed by atoms with Gasteiger partial charge in [0.1, 0.15) is 5.82 Å². The summed E-state index contributed by atoms with van der Waals surface area (Å²) in [7, 11) is 1.62. The molecule has 0 unspecified atom stereocenters. The summed E-state index contributed by atoms with van der Waals surface area (Å²) in [5.74, 6) is -0.239. The number of para-hydroxylation sites is 1. The van der Waals surface area contributed by atoms with Crippen LogP contribution in [0.1, 0.15) is 25.3 Å². The average Bonchev–Trinajstić information content (AvgIpc) is 2.79. The summed E-state index contributed by atoms with van der Waals surface area (Å²) >= 11 is 1.26. The van der Waals surface area contributed by atoms with Gasteiger partial charge < -0.3 is 9.64 Å². The molecule has 1 amide bonds. The zero-order chi connectivity index (χ0) is 22.7. The second-order valence-electron chi connectivity index (χ2n) is 7.93. The minimum absolute atomic E-state index is 0.0227. The summed E-state index contributed by atoms with van der Waals surface area (Å²) in [6.07, 6.45) is 2.19. The quantitative estimate of drug-likeness (QED) is 0.306. The van der Waals surface area contributed by atoms with Gasteiger partial charge in [-0.2, -0.15) is 0 Å². The number of hydrogen-bond acceptors (Lipinski definition) is 5. The van der Waals surface area contributed by atoms with E-state index in [1.54, 1.807) is 34.8 Å². The van der Waals surface area contributed by atoms with Crippen LogP contribution >= 0.6 is 11.8 Å². The van der Waals surface area contributed by atoms with E-state index >= 15 is 0 Å². The molecule has 2 heterocycles. The van der Waals surface area contributed by atoms with Gasteiger partial charge in [0.2, 0.25) is 5.91 Å². The highest BCUT2D eigenvalue weighted by Crippen LogP contribution is 2.32. The number of carbonyl (C=O) groups excluding carboxylic acids is 1. The van der Waals surface area contributed by atoms with E-state index in [-0.39, 0.29) is 29.1 Å². The normalized spacial score (nSPS) is 15.7. The molecule has 4 rings (SSSR count). The second-order valence-corrected chi connectivity index (χ2v) is 8.87. The number of aryl methyl sites for hydroxylation is 1. The monoisotopic (exact) mass is 455 g/mol. The van der Waals surface area contributed by atoms with Gasteiger partial charge in [-0.25, -0.2) is 9.37 Å². The van der Waals surface area contributed by atoms with Crippen LogP contribution in [-0.4, -0.2) is 41.0 Å². The molecule has 8 heteroatoms. The number of carbonyl (C=O) groups is 1. The van der Waals surface area contributed by atoms with Crippen LogP contribution < -0.4 is 10.5 Å². The Labute approximate surface area is 190 Å². The van der Waals surface area contributed by atoms with Gasteiger partial charge in [-0.1, -0.05) is 23.9 Å². The number of hydrogen-bond donors (Lipinski definition) is 0. The number of anilines is 1. The fourth-order valence-corrected chi connectivity index (χ4v) is 5.00. The molecule has 0 fully saturated rings. The van der Waals surface area contributed by atoms with E-state index < -0.39 is 0 Å². The molecule has 2 aromatic carbocycles. The number of fused-ring (bicyclic) bond motifs is 2. The molecule has 0 spiro atoms. The van der Waals surface area contributed by atoms with Crippen LogP contribution in [0.25, 0.3) is 10.9 Å². The third-order valence-electron chi connectivity index (χ3n) is 5.72. The van der Waals surface area contributed by atoms with Crippen molar-refractivity contribution in [3.63, 3.8) is 0 Å². The van der Waals surface area contributed by atoms with Crippen LogP contribution in [0.5, 0.6) is 0 Å². The van der Waals surface area contributed by atoms with Crippen LogP contribution in [0.3, 0.4) is 0 Å². The van der Waals surface area contributed by atoms with Crippen molar-refractivity contribution >= 4 is 34.3 Å². The highest BCUT2D eigenvalue weighted by Gasteiger charge is 2.28. The Bertz CT molecular complexity index is 1200. The first-order valence-corrected chi connectivity index (χ1v) is 11.7. The van der Waals surface area contributed by atoms with Crippen molar-refractivity contribution < 1.29 is 13.9 Å². The van der Waals surface area contributed by atoms with E-state index in [0.717, 1.165) is 24.1 Å². The van der Waals surface area contributed by atoms with Gasteiger partial charge in [-0.05, 0) is 62.1 Å². The smallest absolute Gasteiger partial charge is 0.262 e. The Hall–Kier alpha value is -2.71. The van der Waals surface area contributed by atoms with Gasteiger partial charge in [0.15, 0.2) is 5.16 Å². The molecule has 0 saturated heterocycles. The van der Waals surface area contributed by atoms with Crippen molar-refractivity contribution in [2.45, 2.75) is 43.9 Å². The largest absolute Gasteiger partial charge is 0.385 e. The van der Waals surface area contributed by atoms with Crippen LogP contribution in [0.4, 0.5) is 10.1 Å². The summed E-state index contributed by atoms with van der Waals surface area (Å²) in [5, 5.41) is 1.07. The molecule has 1 aliphatic heterocycles. The van der Waals surface area contributed by atoms with Crippen molar-refractivity contribution in [3.05, 3.63) is 64.2 Å². The topological polar surface area (TPSA) is 64.4 Å². The maximum absolute atomic E-state index is 13.7. The molecule has 6 nitrogen and oxygen atoms in total. The molecule has 1 aromatic heterocycles. The lowest BCUT2D eigenvalue weighted by Crippen LogP contribution is -2.43. The Morgan fingerprint density at radius 1 is 1.28 bits per heavy atom. The number of benzene rings is 2. The predicted octanol–water partition coefficient (Wildman–Crippen LogP) is 4.03. The van der Waals surface area contributed by atoms with Crippen molar-refractivity contribution in [2.75, 3.05) is 24.4 Å². The fraction of sp³-hybridized carbons (Fsp3) is 0.375. The van der Waals surface area contributed by atoms with Gasteiger partial charge in [0.05, 0.1) is 16.7 Å². The molecule has 0 bridgehead atoms. The molecular weight excluding hydrogens is 429 g/mol. The molecule has 168 valence electrons. The molecule has 1 aliphatic rings. The zero-order valence-corrected chi connectivity index (χ0v) is 19.0. The Kier molecular flexibility index (Phi) is 6.91. The van der Waals surface area contributed by atoms with Gasteiger partial charge in [0.25, 0.3) is 5.56 Å². The van der Waals surface area contributed by atoms with E-state index in [1.807, 2.05) is 19.1 Å². The third-order valence-corrected chi connectivity index (χ3v) is 6.68. The third kappa shape index (κ3) is 4.56. The Balaban J connectivity index is 1.60. The summed E-state index contributed by atoms with van der Waals surface area (Å²) < 4.78 is 20.4. The van der Waals surface area contributed by atoms with E-state index in [9.17, 15) is 14.0 Å². The van der Waals surface area contributed by atoms with Gasteiger partial charge >= 0.3 is 0 Å². The van der Waals surface area contributed by atoms with Crippen LogP contribution in [-0.2, 0) is 22.5 Å². The van der Waals surface area contributed by atoms with E-state index in [1.165, 1.54) is 23.9 Å². The number of amides is 1. The van der Waals surface area contributed by atoms with E-state index in [0.29, 0.717) is 35.6 Å². The summed E-state index contributed by atoms with van der Waals surface area (Å²) in [6.45, 7) is 2.99. The van der Waals surface area contributed by atoms with Crippen LogP contribution in [0.15, 0.2) is 52.4 Å². The zero-order valence-electron chi connectivity index (χ0n) is 18.2. The van der Waals surface area contributed by atoms with Gasteiger partial charge in [-0.3, -0.25) is 14.2 Å². The maximum Gasteiger partial charge on any atom is 0.262 e. The first kappa shape index (κ1) is 22.5. The number of halogens is 1. The number of nitrogens with zero attached hydrogens (tertiary/aromatic N) is 3. The van der Waals surface area contributed by atoms with E-state index in [4.69, 9.17) is 4.74 Å². The average molecular weight is 456 g/mol. The van der Waals surface area contributed by atoms with Crippen LogP contribution in [0, 0.1) is 5.82 Å². The summed E-state index contributed by atoms with van der Waals surface area (Å²) in [6, 6.07) is 11.8. The standard InChI is InChI=1S/C24H26FN3O3S/c1-16-8-9-17-14-18(25)10-11-21(17)28(16)22(29)15-32-24-26-20-7-4-3-6-19(20)23(30)27(24)12-5-13-31-2/h3-4,6-7,10-11,14,16H,5,8-9,12-13,15H2,1-2H3/t16-/m1/s1. The molecule has 0 radical (unpaired) electrons. The predicted molar refractivity (Wildman–Crippen MR) is 125 cm³/mol. The molecule has 32 heavy (non-hydrogen) atoms. The highest BCUT2D eigenvalue weighted by atomic mass is 32.2. The number of methoxy groups -OCH3 is 1. The molecule has 3 aromatic rings. The maximum atomic E-state index is 13.7. The number of rotatable bonds is 7. The highest BCUT2D eigenvalue weighted by molar-refractivity contribution is 7.99. The minimum Gasteiger partial charge on any atom is -0.385 e. The summed E-state index contributed by atoms with van der Waals surface area (Å²) in [5.41, 5.74) is 2.11. The van der Waals surface area contributed by atoms with Crippen molar-refractivity contribution in [1.29, 1.82) is 0 Å². The van der Waals surface area contributed by atoms with Crippen molar-refractivity contribution in [2.24, 2.45) is 0 Å². The minimum atomic E-state index is -0.291. The first-order valence-electron chi connectivity index (χ1n) is 10.7. The SMILES string of the molecule is COCCCn1c(SCC(=O)N2c3ccc(F)cc3CC[C@H]2C)nc2ccccc2c1=O. The molecule has 0 aliphatic carbocycles. The first-order chi connectivity index (χ1) is 15.5. The Morgan fingerprint density at radius 3 is 2.91 bits per heavy atom. The summed E-state index contributed by atoms with van der Waals surface area (Å²) in [4.78, 5) is 32.7. The molecular formula is C24H26FN3O3S. The molecule has 0 saturated carbocycles. The van der Waals surface area contributed by atoms with E-state index in [2.05, 4.69) is 4.98 Å². The molecule has 0 N–H and O–H groups in total. The fourth-order valence-electron chi connectivity index (χ4n) is 4.12. The lowest BCUT2D eigenvalue weighted by molar-refractivity contribution is -0.116.